The normalized spacial score (nSPS) is 9.96. The van der Waals surface area contributed by atoms with E-state index in [4.69, 9.17) is 12.2 Å². The lowest BCUT2D eigenvalue weighted by Crippen LogP contribution is -2.34. The van der Waals surface area contributed by atoms with Crippen LogP contribution in [0, 0.1) is 10.1 Å². The lowest BCUT2D eigenvalue weighted by atomic mass is 10.1. The fourth-order valence-corrected chi connectivity index (χ4v) is 2.45. The first-order valence-corrected chi connectivity index (χ1v) is 8.46. The second kappa shape index (κ2) is 9.39. The number of nitrogens with zero attached hydrogens (tertiary/aromatic N) is 1. The van der Waals surface area contributed by atoms with Gasteiger partial charge < -0.3 is 10.6 Å². The fourth-order valence-electron chi connectivity index (χ4n) is 2.24. The van der Waals surface area contributed by atoms with Crippen molar-refractivity contribution in [3.63, 3.8) is 0 Å². The molecule has 2 rings (SSSR count). The standard InChI is InChI=1S/C18H18N4O4S/c1-19-16(23)10-7-12-5-8-14(9-6-12)20-18(27)21-17(24)13-3-2-4-15(11-13)22(25)26/h2-6,8-9,11H,7,10H2,1H3,(H,19,23)(H2,20,21,24,27). The SMILES string of the molecule is CNC(=O)CCc1ccc(NC(=S)NC(=O)c2cccc([N+](=O)[O-])c2)cc1. The van der Waals surface area contributed by atoms with E-state index >= 15 is 0 Å². The van der Waals surface area contributed by atoms with Crippen molar-refractivity contribution in [2.45, 2.75) is 12.8 Å². The predicted molar refractivity (Wildman–Crippen MR) is 106 cm³/mol. The highest BCUT2D eigenvalue weighted by molar-refractivity contribution is 7.80. The smallest absolute Gasteiger partial charge is 0.270 e. The predicted octanol–water partition coefficient (Wildman–Crippen LogP) is 2.40. The van der Waals surface area contributed by atoms with Crippen LogP contribution in [0.2, 0.25) is 0 Å². The zero-order chi connectivity index (χ0) is 19.8. The third-order valence-corrected chi connectivity index (χ3v) is 3.88. The van der Waals surface area contributed by atoms with Gasteiger partial charge in [-0.3, -0.25) is 25.0 Å². The molecule has 0 fully saturated rings. The lowest BCUT2D eigenvalue weighted by molar-refractivity contribution is -0.384. The summed E-state index contributed by atoms with van der Waals surface area (Å²) in [5.41, 5.74) is 1.63. The summed E-state index contributed by atoms with van der Waals surface area (Å²) in [5.74, 6) is -0.569. The van der Waals surface area contributed by atoms with Crippen molar-refractivity contribution in [2.24, 2.45) is 0 Å². The van der Waals surface area contributed by atoms with Gasteiger partial charge in [-0.2, -0.15) is 0 Å². The number of benzene rings is 2. The van der Waals surface area contributed by atoms with Gasteiger partial charge in [-0.15, -0.1) is 0 Å². The Morgan fingerprint density at radius 2 is 1.85 bits per heavy atom. The fraction of sp³-hybridized carbons (Fsp3) is 0.167. The molecule has 27 heavy (non-hydrogen) atoms. The third-order valence-electron chi connectivity index (χ3n) is 3.68. The molecule has 0 saturated carbocycles. The van der Waals surface area contributed by atoms with Gasteiger partial charge in [0.2, 0.25) is 5.91 Å². The first-order valence-electron chi connectivity index (χ1n) is 8.05. The van der Waals surface area contributed by atoms with E-state index in [0.717, 1.165) is 5.56 Å². The zero-order valence-electron chi connectivity index (χ0n) is 14.5. The zero-order valence-corrected chi connectivity index (χ0v) is 15.3. The molecule has 0 heterocycles. The molecule has 0 aliphatic heterocycles. The first-order chi connectivity index (χ1) is 12.9. The molecule has 0 aromatic heterocycles. The topological polar surface area (TPSA) is 113 Å². The Bertz CT molecular complexity index is 868. The van der Waals surface area contributed by atoms with Gasteiger partial charge in [-0.25, -0.2) is 0 Å². The highest BCUT2D eigenvalue weighted by atomic mass is 32.1. The van der Waals surface area contributed by atoms with Gasteiger partial charge in [-0.1, -0.05) is 18.2 Å². The van der Waals surface area contributed by atoms with E-state index in [-0.39, 0.29) is 22.3 Å². The molecule has 2 aromatic rings. The Balaban J connectivity index is 1.91. The number of nitro groups is 1. The molecule has 9 heteroatoms. The van der Waals surface area contributed by atoms with Crippen LogP contribution in [0.1, 0.15) is 22.3 Å². The number of aryl methyl sites for hydroxylation is 1. The Kier molecular flexibility index (Phi) is 6.95. The van der Waals surface area contributed by atoms with E-state index < -0.39 is 10.8 Å². The van der Waals surface area contributed by atoms with Gasteiger partial charge in [0, 0.05) is 36.9 Å². The van der Waals surface area contributed by atoms with Gasteiger partial charge in [0.05, 0.1) is 4.92 Å². The molecule has 0 atom stereocenters. The minimum atomic E-state index is -0.570. The van der Waals surface area contributed by atoms with Crippen molar-refractivity contribution in [3.8, 4) is 0 Å². The average molecular weight is 386 g/mol. The van der Waals surface area contributed by atoms with Crippen LogP contribution >= 0.6 is 12.2 Å². The second-order valence-corrected chi connectivity index (χ2v) is 5.99. The van der Waals surface area contributed by atoms with E-state index in [1.54, 1.807) is 19.2 Å². The molecular weight excluding hydrogens is 368 g/mol. The van der Waals surface area contributed by atoms with Crippen molar-refractivity contribution in [2.75, 3.05) is 12.4 Å². The van der Waals surface area contributed by atoms with Crippen LogP contribution < -0.4 is 16.0 Å². The van der Waals surface area contributed by atoms with Crippen LogP contribution in [0.4, 0.5) is 11.4 Å². The maximum atomic E-state index is 12.2. The number of amides is 2. The highest BCUT2D eigenvalue weighted by Gasteiger charge is 2.12. The molecule has 0 saturated heterocycles. The molecule has 0 bridgehead atoms. The van der Waals surface area contributed by atoms with Crippen molar-refractivity contribution in [3.05, 3.63) is 69.8 Å². The number of rotatable bonds is 6. The Labute approximate surface area is 161 Å². The number of carbonyl (C=O) groups excluding carboxylic acids is 2. The summed E-state index contributed by atoms with van der Waals surface area (Å²) < 4.78 is 0. The number of hydrogen-bond donors (Lipinski definition) is 3. The molecule has 0 spiro atoms. The Morgan fingerprint density at radius 1 is 1.15 bits per heavy atom. The maximum absolute atomic E-state index is 12.2. The van der Waals surface area contributed by atoms with E-state index in [2.05, 4.69) is 16.0 Å². The molecule has 0 radical (unpaired) electrons. The molecule has 140 valence electrons. The van der Waals surface area contributed by atoms with Crippen molar-refractivity contribution in [1.29, 1.82) is 0 Å². The van der Waals surface area contributed by atoms with E-state index in [1.807, 2.05) is 12.1 Å². The first kappa shape index (κ1) is 20.0. The van der Waals surface area contributed by atoms with Gasteiger partial charge in [-0.05, 0) is 42.4 Å². The van der Waals surface area contributed by atoms with E-state index in [9.17, 15) is 19.7 Å². The largest absolute Gasteiger partial charge is 0.359 e. The van der Waals surface area contributed by atoms with Crippen molar-refractivity contribution in [1.82, 2.24) is 10.6 Å². The molecule has 0 unspecified atom stereocenters. The van der Waals surface area contributed by atoms with Crippen LogP contribution in [0.5, 0.6) is 0 Å². The summed E-state index contributed by atoms with van der Waals surface area (Å²) in [6.45, 7) is 0. The number of anilines is 1. The molecular formula is C18H18N4O4S. The Morgan fingerprint density at radius 3 is 2.48 bits per heavy atom. The number of thiocarbonyl (C=S) groups is 1. The van der Waals surface area contributed by atoms with Crippen LogP contribution in [-0.4, -0.2) is 28.9 Å². The average Bonchev–Trinajstić information content (AvgIpc) is 2.67. The molecule has 2 aromatic carbocycles. The van der Waals surface area contributed by atoms with Crippen LogP contribution in [0.25, 0.3) is 0 Å². The summed E-state index contributed by atoms with van der Waals surface area (Å²) in [7, 11) is 1.60. The molecule has 0 aliphatic rings. The summed E-state index contributed by atoms with van der Waals surface area (Å²) >= 11 is 5.10. The lowest BCUT2D eigenvalue weighted by Gasteiger charge is -2.10. The number of carbonyl (C=O) groups is 2. The van der Waals surface area contributed by atoms with Crippen LogP contribution in [0.3, 0.4) is 0 Å². The van der Waals surface area contributed by atoms with Crippen LogP contribution in [0.15, 0.2) is 48.5 Å². The number of non-ortho nitro benzene ring substituents is 1. The molecule has 8 nitrogen and oxygen atoms in total. The van der Waals surface area contributed by atoms with E-state index in [1.165, 1.54) is 24.3 Å². The Hall–Kier alpha value is -3.33. The molecule has 3 N–H and O–H groups in total. The maximum Gasteiger partial charge on any atom is 0.270 e. The monoisotopic (exact) mass is 386 g/mol. The summed E-state index contributed by atoms with van der Waals surface area (Å²) in [6.07, 6.45) is 1.02. The summed E-state index contributed by atoms with van der Waals surface area (Å²) in [6, 6.07) is 12.7. The number of hydrogen-bond acceptors (Lipinski definition) is 5. The second-order valence-electron chi connectivity index (χ2n) is 5.59. The third kappa shape index (κ3) is 6.15. The number of nitro benzene ring substituents is 1. The highest BCUT2D eigenvalue weighted by Crippen LogP contribution is 2.14. The summed E-state index contributed by atoms with van der Waals surface area (Å²) in [4.78, 5) is 33.6. The van der Waals surface area contributed by atoms with Crippen molar-refractivity contribution >= 4 is 40.5 Å². The quantitative estimate of drug-likeness (QED) is 0.399. The minimum absolute atomic E-state index is 0.0257. The summed E-state index contributed by atoms with van der Waals surface area (Å²) in [5, 5.41) is 18.8. The van der Waals surface area contributed by atoms with Gasteiger partial charge >= 0.3 is 0 Å². The van der Waals surface area contributed by atoms with Gasteiger partial charge in [0.15, 0.2) is 5.11 Å². The van der Waals surface area contributed by atoms with E-state index in [0.29, 0.717) is 18.5 Å². The molecule has 2 amide bonds. The van der Waals surface area contributed by atoms with Crippen LogP contribution in [-0.2, 0) is 11.2 Å². The van der Waals surface area contributed by atoms with Gasteiger partial charge in [0.25, 0.3) is 11.6 Å². The number of nitrogens with one attached hydrogen (secondary N) is 3. The molecule has 0 aliphatic carbocycles. The van der Waals surface area contributed by atoms with Gasteiger partial charge in [0.1, 0.15) is 0 Å². The minimum Gasteiger partial charge on any atom is -0.359 e. The van der Waals surface area contributed by atoms with Crippen molar-refractivity contribution < 1.29 is 14.5 Å².